The predicted octanol–water partition coefficient (Wildman–Crippen LogP) is 1.20. The van der Waals surface area contributed by atoms with E-state index in [1.54, 1.807) is 18.3 Å². The van der Waals surface area contributed by atoms with Gasteiger partial charge in [-0.2, -0.15) is 0 Å². The molecule has 0 bridgehead atoms. The van der Waals surface area contributed by atoms with Gasteiger partial charge in [0.2, 0.25) is 0 Å². The van der Waals surface area contributed by atoms with Gasteiger partial charge in [-0.15, -0.1) is 0 Å². The van der Waals surface area contributed by atoms with Crippen molar-refractivity contribution in [3.05, 3.63) is 63.6 Å². The number of benzene rings is 1. The van der Waals surface area contributed by atoms with Crippen LogP contribution in [0.25, 0.3) is 0 Å². The number of rotatable bonds is 3. The van der Waals surface area contributed by atoms with Crippen LogP contribution in [0.15, 0.2) is 35.4 Å². The Kier molecular flexibility index (Phi) is 3.53. The highest BCUT2D eigenvalue weighted by Crippen LogP contribution is 2.11. The lowest BCUT2D eigenvalue weighted by molar-refractivity contribution is 0.591. The van der Waals surface area contributed by atoms with E-state index in [1.807, 2.05) is 6.92 Å². The summed E-state index contributed by atoms with van der Waals surface area (Å²) < 4.78 is 15.0. The molecule has 5 heteroatoms. The predicted molar refractivity (Wildman–Crippen MR) is 66.6 cm³/mol. The molecule has 0 spiro atoms. The highest BCUT2D eigenvalue weighted by atomic mass is 19.1. The van der Waals surface area contributed by atoms with Crippen LogP contribution in [0.3, 0.4) is 0 Å². The molecule has 4 nitrogen and oxygen atoms in total. The summed E-state index contributed by atoms with van der Waals surface area (Å²) >= 11 is 0. The summed E-state index contributed by atoms with van der Waals surface area (Å²) in [5, 5.41) is 0. The van der Waals surface area contributed by atoms with E-state index >= 15 is 0 Å². The topological polar surface area (TPSA) is 60.9 Å². The standard InChI is InChI=1S/C13H14FN3O/c1-9-6-16-13(18)17(7-9)8-11-4-10(5-15)2-3-12(11)14/h2-4,6-7H,5,8,15H2,1H3. The van der Waals surface area contributed by atoms with Crippen LogP contribution < -0.4 is 11.4 Å². The van der Waals surface area contributed by atoms with Gasteiger partial charge in [0.05, 0.1) is 6.54 Å². The van der Waals surface area contributed by atoms with Gasteiger partial charge in [-0.25, -0.2) is 14.2 Å². The zero-order chi connectivity index (χ0) is 13.1. The van der Waals surface area contributed by atoms with Crippen molar-refractivity contribution in [3.8, 4) is 0 Å². The minimum Gasteiger partial charge on any atom is -0.326 e. The Bertz CT molecular complexity index is 622. The maximum Gasteiger partial charge on any atom is 0.347 e. The van der Waals surface area contributed by atoms with E-state index in [1.165, 1.54) is 16.8 Å². The van der Waals surface area contributed by atoms with E-state index in [-0.39, 0.29) is 12.4 Å². The van der Waals surface area contributed by atoms with Crippen LogP contribution in [0.1, 0.15) is 16.7 Å². The molecule has 1 heterocycles. The van der Waals surface area contributed by atoms with Gasteiger partial charge in [-0.05, 0) is 30.2 Å². The van der Waals surface area contributed by atoms with E-state index < -0.39 is 5.69 Å². The summed E-state index contributed by atoms with van der Waals surface area (Å²) in [6.45, 7) is 2.33. The molecule has 0 aliphatic rings. The average molecular weight is 247 g/mol. The minimum absolute atomic E-state index is 0.160. The number of hydrogen-bond donors (Lipinski definition) is 1. The Balaban J connectivity index is 2.39. The molecule has 1 aromatic heterocycles. The first-order valence-corrected chi connectivity index (χ1v) is 5.60. The molecule has 2 N–H and O–H groups in total. The number of halogens is 1. The molecule has 0 radical (unpaired) electrons. The first-order valence-electron chi connectivity index (χ1n) is 5.60. The van der Waals surface area contributed by atoms with Crippen molar-refractivity contribution in [1.29, 1.82) is 0 Å². The van der Waals surface area contributed by atoms with Crippen molar-refractivity contribution >= 4 is 0 Å². The Labute approximate surface area is 104 Å². The Hall–Kier alpha value is -2.01. The Morgan fingerprint density at radius 2 is 2.22 bits per heavy atom. The van der Waals surface area contributed by atoms with E-state index in [9.17, 15) is 9.18 Å². The van der Waals surface area contributed by atoms with Gasteiger partial charge in [0.1, 0.15) is 5.82 Å². The summed E-state index contributed by atoms with van der Waals surface area (Å²) in [5.41, 5.74) is 7.24. The lowest BCUT2D eigenvalue weighted by Gasteiger charge is -2.08. The second-order valence-electron chi connectivity index (χ2n) is 4.17. The maximum atomic E-state index is 13.6. The van der Waals surface area contributed by atoms with Crippen LogP contribution in [-0.2, 0) is 13.1 Å². The van der Waals surface area contributed by atoms with Crippen LogP contribution in [0.2, 0.25) is 0 Å². The van der Waals surface area contributed by atoms with Crippen LogP contribution >= 0.6 is 0 Å². The molecular formula is C13H14FN3O. The zero-order valence-electron chi connectivity index (χ0n) is 10.1. The molecule has 0 unspecified atom stereocenters. The van der Waals surface area contributed by atoms with E-state index in [0.717, 1.165) is 11.1 Å². The molecule has 18 heavy (non-hydrogen) atoms. The molecule has 0 saturated heterocycles. The second-order valence-corrected chi connectivity index (χ2v) is 4.17. The molecule has 1 aromatic carbocycles. The van der Waals surface area contributed by atoms with Gasteiger partial charge in [0.15, 0.2) is 0 Å². The summed E-state index contributed by atoms with van der Waals surface area (Å²) in [6, 6.07) is 4.67. The number of nitrogens with two attached hydrogens (primary N) is 1. The largest absolute Gasteiger partial charge is 0.347 e. The quantitative estimate of drug-likeness (QED) is 0.886. The lowest BCUT2D eigenvalue weighted by atomic mass is 10.1. The van der Waals surface area contributed by atoms with Gasteiger partial charge < -0.3 is 5.73 Å². The third kappa shape index (κ3) is 2.62. The molecular weight excluding hydrogens is 233 g/mol. The molecule has 2 rings (SSSR count). The summed E-state index contributed by atoms with van der Waals surface area (Å²) in [5.74, 6) is -0.347. The van der Waals surface area contributed by atoms with Crippen LogP contribution in [0.4, 0.5) is 4.39 Å². The van der Waals surface area contributed by atoms with Gasteiger partial charge in [-0.3, -0.25) is 4.57 Å². The average Bonchev–Trinajstić information content (AvgIpc) is 2.36. The fraction of sp³-hybridized carbons (Fsp3) is 0.231. The van der Waals surface area contributed by atoms with Crippen molar-refractivity contribution < 1.29 is 4.39 Å². The molecule has 94 valence electrons. The normalized spacial score (nSPS) is 10.6. The van der Waals surface area contributed by atoms with Crippen molar-refractivity contribution in [2.75, 3.05) is 0 Å². The monoisotopic (exact) mass is 247 g/mol. The minimum atomic E-state index is -0.391. The van der Waals surface area contributed by atoms with Gasteiger partial charge in [0, 0.05) is 24.5 Å². The van der Waals surface area contributed by atoms with E-state index in [0.29, 0.717) is 12.1 Å². The fourth-order valence-electron chi connectivity index (χ4n) is 1.74. The van der Waals surface area contributed by atoms with E-state index in [2.05, 4.69) is 4.98 Å². The molecule has 0 amide bonds. The highest BCUT2D eigenvalue weighted by molar-refractivity contribution is 5.25. The van der Waals surface area contributed by atoms with Gasteiger partial charge >= 0.3 is 5.69 Å². The van der Waals surface area contributed by atoms with Crippen molar-refractivity contribution in [2.24, 2.45) is 5.73 Å². The molecule has 0 atom stereocenters. The Morgan fingerprint density at radius 3 is 2.94 bits per heavy atom. The SMILES string of the molecule is Cc1cnc(=O)n(Cc2cc(CN)ccc2F)c1. The third-order valence-electron chi connectivity index (χ3n) is 2.67. The number of hydrogen-bond acceptors (Lipinski definition) is 3. The second kappa shape index (κ2) is 5.10. The van der Waals surface area contributed by atoms with Crippen LogP contribution in [-0.4, -0.2) is 9.55 Å². The Morgan fingerprint density at radius 1 is 1.44 bits per heavy atom. The zero-order valence-corrected chi connectivity index (χ0v) is 10.1. The first-order chi connectivity index (χ1) is 8.60. The van der Waals surface area contributed by atoms with E-state index in [4.69, 9.17) is 5.73 Å². The maximum absolute atomic E-state index is 13.6. The van der Waals surface area contributed by atoms with Crippen LogP contribution in [0, 0.1) is 12.7 Å². The highest BCUT2D eigenvalue weighted by Gasteiger charge is 2.06. The van der Waals surface area contributed by atoms with Crippen molar-refractivity contribution in [1.82, 2.24) is 9.55 Å². The summed E-state index contributed by atoms with van der Waals surface area (Å²) in [6.07, 6.45) is 3.15. The van der Waals surface area contributed by atoms with Gasteiger partial charge in [-0.1, -0.05) is 6.07 Å². The molecule has 0 fully saturated rings. The fourth-order valence-corrected chi connectivity index (χ4v) is 1.74. The molecule has 0 aliphatic heterocycles. The smallest absolute Gasteiger partial charge is 0.326 e. The summed E-state index contributed by atoms with van der Waals surface area (Å²) in [7, 11) is 0. The van der Waals surface area contributed by atoms with Crippen LogP contribution in [0.5, 0.6) is 0 Å². The van der Waals surface area contributed by atoms with Crippen molar-refractivity contribution in [3.63, 3.8) is 0 Å². The molecule has 0 aliphatic carbocycles. The first kappa shape index (κ1) is 12.4. The number of aryl methyl sites for hydroxylation is 1. The number of aromatic nitrogens is 2. The van der Waals surface area contributed by atoms with Crippen molar-refractivity contribution in [2.45, 2.75) is 20.0 Å². The van der Waals surface area contributed by atoms with Gasteiger partial charge in [0.25, 0.3) is 0 Å². The lowest BCUT2D eigenvalue weighted by Crippen LogP contribution is -2.23. The molecule has 0 saturated carbocycles. The summed E-state index contributed by atoms with van der Waals surface area (Å²) in [4.78, 5) is 15.3. The third-order valence-corrected chi connectivity index (χ3v) is 2.67. The number of nitrogens with zero attached hydrogens (tertiary/aromatic N) is 2. The molecule has 2 aromatic rings.